The molecule has 0 bridgehead atoms. The van der Waals surface area contributed by atoms with Crippen LogP contribution >= 0.6 is 0 Å². The number of hydrogen-bond acceptors (Lipinski definition) is 6. The van der Waals surface area contributed by atoms with Gasteiger partial charge in [-0.1, -0.05) is 0 Å². The first kappa shape index (κ1) is 10.9. The molecule has 18 heavy (non-hydrogen) atoms. The summed E-state index contributed by atoms with van der Waals surface area (Å²) in [6.07, 6.45) is 2.82. The van der Waals surface area contributed by atoms with Gasteiger partial charge >= 0.3 is 0 Å². The summed E-state index contributed by atoms with van der Waals surface area (Å²) in [7, 11) is 0. The van der Waals surface area contributed by atoms with Crippen molar-refractivity contribution in [3.05, 3.63) is 16.7 Å². The number of aromatic amines is 1. The van der Waals surface area contributed by atoms with Crippen LogP contribution in [-0.2, 0) is 9.53 Å². The van der Waals surface area contributed by atoms with E-state index < -0.39 is 6.10 Å². The molecule has 0 unspecified atom stereocenters. The molecule has 2 atom stereocenters. The first-order chi connectivity index (χ1) is 8.69. The van der Waals surface area contributed by atoms with Crippen LogP contribution in [0.15, 0.2) is 11.1 Å². The molecule has 0 saturated carbocycles. The van der Waals surface area contributed by atoms with E-state index in [9.17, 15) is 9.59 Å². The minimum atomic E-state index is -0.410. The highest BCUT2D eigenvalue weighted by atomic mass is 16.5. The third-order valence-corrected chi connectivity index (χ3v) is 2.94. The van der Waals surface area contributed by atoms with Crippen LogP contribution in [0.5, 0.6) is 0 Å². The highest BCUT2D eigenvalue weighted by Crippen LogP contribution is 2.28. The normalized spacial score (nSPS) is 23.6. The number of imidazole rings is 1. The number of nitrogen functional groups attached to an aromatic ring is 1. The summed E-state index contributed by atoms with van der Waals surface area (Å²) in [4.78, 5) is 32.7. The van der Waals surface area contributed by atoms with E-state index in [1.807, 2.05) is 0 Å². The number of nitrogens with zero attached hydrogens (tertiary/aromatic N) is 3. The van der Waals surface area contributed by atoms with Gasteiger partial charge in [0.2, 0.25) is 5.95 Å². The number of carbonyl (C=O) groups excluding carboxylic acids is 1. The molecule has 2 aromatic heterocycles. The van der Waals surface area contributed by atoms with Gasteiger partial charge in [0, 0.05) is 0 Å². The van der Waals surface area contributed by atoms with Gasteiger partial charge in [0.1, 0.15) is 18.6 Å². The highest BCUT2D eigenvalue weighted by Gasteiger charge is 2.27. The summed E-state index contributed by atoms with van der Waals surface area (Å²) in [6.45, 7) is 0. The SMILES string of the molecule is Nc1nc2c(ncn2[C@H]2CC[C@@H](C=O)O2)c(=O)[nH]1. The van der Waals surface area contributed by atoms with E-state index in [0.29, 0.717) is 18.5 Å². The van der Waals surface area contributed by atoms with Crippen molar-refractivity contribution in [2.24, 2.45) is 0 Å². The van der Waals surface area contributed by atoms with Crippen molar-refractivity contribution in [2.75, 3.05) is 5.73 Å². The molecule has 0 amide bonds. The van der Waals surface area contributed by atoms with Gasteiger partial charge in [0.25, 0.3) is 5.56 Å². The molecule has 3 rings (SSSR count). The van der Waals surface area contributed by atoms with E-state index in [4.69, 9.17) is 10.5 Å². The fourth-order valence-electron chi connectivity index (χ4n) is 2.10. The van der Waals surface area contributed by atoms with E-state index in [0.717, 1.165) is 6.29 Å². The minimum Gasteiger partial charge on any atom is -0.369 e. The van der Waals surface area contributed by atoms with Crippen molar-refractivity contribution in [3.8, 4) is 0 Å². The maximum atomic E-state index is 11.6. The number of nitrogens with two attached hydrogens (primary N) is 1. The van der Waals surface area contributed by atoms with Crippen LogP contribution in [0.25, 0.3) is 11.2 Å². The number of aldehydes is 1. The third-order valence-electron chi connectivity index (χ3n) is 2.94. The number of nitrogens with one attached hydrogen (secondary N) is 1. The zero-order valence-corrected chi connectivity index (χ0v) is 9.37. The number of anilines is 1. The van der Waals surface area contributed by atoms with E-state index in [2.05, 4.69) is 15.0 Å². The lowest BCUT2D eigenvalue weighted by atomic mass is 10.2. The Kier molecular flexibility index (Phi) is 2.37. The molecule has 0 aliphatic carbocycles. The van der Waals surface area contributed by atoms with Gasteiger partial charge in [0.15, 0.2) is 11.2 Å². The molecule has 94 valence electrons. The summed E-state index contributed by atoms with van der Waals surface area (Å²) in [5.41, 5.74) is 5.69. The van der Waals surface area contributed by atoms with Crippen LogP contribution in [0.1, 0.15) is 19.1 Å². The predicted octanol–water partition coefficient (Wildman–Crippen LogP) is -0.422. The lowest BCUT2D eigenvalue weighted by Gasteiger charge is -2.12. The van der Waals surface area contributed by atoms with Crippen LogP contribution in [0.2, 0.25) is 0 Å². The maximum absolute atomic E-state index is 11.6. The number of hydrogen-bond donors (Lipinski definition) is 2. The van der Waals surface area contributed by atoms with Crippen LogP contribution in [0, 0.1) is 0 Å². The Hall–Kier alpha value is -2.22. The van der Waals surface area contributed by atoms with Crippen molar-refractivity contribution in [3.63, 3.8) is 0 Å². The van der Waals surface area contributed by atoms with Crippen molar-refractivity contribution in [1.82, 2.24) is 19.5 Å². The van der Waals surface area contributed by atoms with Crippen molar-refractivity contribution < 1.29 is 9.53 Å². The maximum Gasteiger partial charge on any atom is 0.280 e. The molecule has 8 heteroatoms. The zero-order valence-electron chi connectivity index (χ0n) is 9.37. The first-order valence-electron chi connectivity index (χ1n) is 5.52. The molecule has 3 N–H and O–H groups in total. The van der Waals surface area contributed by atoms with E-state index in [1.54, 1.807) is 4.57 Å². The number of ether oxygens (including phenoxy) is 1. The summed E-state index contributed by atoms with van der Waals surface area (Å²) in [5.74, 6) is 0.0270. The number of fused-ring (bicyclic) bond motifs is 1. The van der Waals surface area contributed by atoms with Crippen molar-refractivity contribution in [2.45, 2.75) is 25.2 Å². The van der Waals surface area contributed by atoms with Gasteiger partial charge in [-0.25, -0.2) is 4.98 Å². The number of carbonyl (C=O) groups is 1. The molecular weight excluding hydrogens is 238 g/mol. The summed E-state index contributed by atoms with van der Waals surface area (Å²) >= 11 is 0. The third kappa shape index (κ3) is 1.58. The zero-order chi connectivity index (χ0) is 12.7. The van der Waals surface area contributed by atoms with Gasteiger partial charge in [-0.15, -0.1) is 0 Å². The quantitative estimate of drug-likeness (QED) is 0.698. The fraction of sp³-hybridized carbons (Fsp3) is 0.400. The number of aromatic nitrogens is 4. The second-order valence-electron chi connectivity index (χ2n) is 4.12. The Balaban J connectivity index is 2.08. The molecule has 1 aliphatic rings. The topological polar surface area (TPSA) is 116 Å². The highest BCUT2D eigenvalue weighted by molar-refractivity contribution is 5.70. The smallest absolute Gasteiger partial charge is 0.280 e. The summed E-state index contributed by atoms with van der Waals surface area (Å²) in [5, 5.41) is 0. The number of H-pyrrole nitrogens is 1. The largest absolute Gasteiger partial charge is 0.369 e. The molecule has 2 aromatic rings. The molecule has 1 saturated heterocycles. The van der Waals surface area contributed by atoms with E-state index in [-0.39, 0.29) is 23.3 Å². The van der Waals surface area contributed by atoms with Gasteiger partial charge < -0.3 is 15.3 Å². The second kappa shape index (κ2) is 3.91. The molecule has 1 aliphatic heterocycles. The Morgan fingerprint density at radius 1 is 1.56 bits per heavy atom. The van der Waals surface area contributed by atoms with Crippen LogP contribution in [-0.4, -0.2) is 31.9 Å². The molecule has 8 nitrogen and oxygen atoms in total. The summed E-state index contributed by atoms with van der Waals surface area (Å²) in [6, 6.07) is 0. The Labute approximate surface area is 101 Å². The average Bonchev–Trinajstić information content (AvgIpc) is 2.93. The van der Waals surface area contributed by atoms with Gasteiger partial charge in [-0.3, -0.25) is 14.3 Å². The Bertz CT molecular complexity index is 661. The second-order valence-corrected chi connectivity index (χ2v) is 4.12. The van der Waals surface area contributed by atoms with E-state index in [1.165, 1.54) is 6.33 Å². The van der Waals surface area contributed by atoms with Gasteiger partial charge in [-0.2, -0.15) is 4.98 Å². The molecular formula is C10H11N5O3. The standard InChI is InChI=1S/C10H11N5O3/c11-10-13-8-7(9(17)14-10)12-4-15(8)6-2-1-5(3-16)18-6/h3-6H,1-2H2,(H3,11,13,14,17)/t5-,6+/m0/s1. The van der Waals surface area contributed by atoms with Gasteiger partial charge in [0.05, 0.1) is 6.33 Å². The summed E-state index contributed by atoms with van der Waals surface area (Å²) < 4.78 is 7.13. The first-order valence-corrected chi connectivity index (χ1v) is 5.52. The molecule has 0 spiro atoms. The number of rotatable bonds is 2. The predicted molar refractivity (Wildman–Crippen MR) is 61.8 cm³/mol. The monoisotopic (exact) mass is 249 g/mol. The molecule has 1 fully saturated rings. The van der Waals surface area contributed by atoms with Crippen molar-refractivity contribution in [1.29, 1.82) is 0 Å². The Morgan fingerprint density at radius 2 is 2.39 bits per heavy atom. The molecule has 0 radical (unpaired) electrons. The fourth-order valence-corrected chi connectivity index (χ4v) is 2.10. The van der Waals surface area contributed by atoms with Crippen LogP contribution in [0.4, 0.5) is 5.95 Å². The lowest BCUT2D eigenvalue weighted by Crippen LogP contribution is -2.15. The minimum absolute atomic E-state index is 0.0270. The van der Waals surface area contributed by atoms with Crippen LogP contribution < -0.4 is 11.3 Å². The van der Waals surface area contributed by atoms with Gasteiger partial charge in [-0.05, 0) is 12.8 Å². The Morgan fingerprint density at radius 3 is 3.11 bits per heavy atom. The van der Waals surface area contributed by atoms with Crippen molar-refractivity contribution >= 4 is 23.4 Å². The van der Waals surface area contributed by atoms with E-state index >= 15 is 0 Å². The van der Waals surface area contributed by atoms with Crippen LogP contribution in [0.3, 0.4) is 0 Å². The average molecular weight is 249 g/mol. The molecule has 0 aromatic carbocycles. The lowest BCUT2D eigenvalue weighted by molar-refractivity contribution is -0.119. The molecule has 3 heterocycles.